The molecule has 0 radical (unpaired) electrons. The molecule has 0 N–H and O–H groups in total. The Hall–Kier alpha value is -2.10. The van der Waals surface area contributed by atoms with E-state index in [9.17, 15) is 9.59 Å². The van der Waals surface area contributed by atoms with Crippen LogP contribution in [-0.2, 0) is 4.74 Å². The van der Waals surface area contributed by atoms with Crippen molar-refractivity contribution in [2.45, 2.75) is 25.8 Å². The lowest BCUT2D eigenvalue weighted by Gasteiger charge is -2.11. The van der Waals surface area contributed by atoms with Crippen LogP contribution in [0.5, 0.6) is 0 Å². The van der Waals surface area contributed by atoms with Crippen molar-refractivity contribution in [3.8, 4) is 0 Å². The summed E-state index contributed by atoms with van der Waals surface area (Å²) in [5.41, 5.74) is 0.779. The zero-order chi connectivity index (χ0) is 13.4. The molecule has 0 unspecified atom stereocenters. The van der Waals surface area contributed by atoms with E-state index in [1.165, 1.54) is 0 Å². The van der Waals surface area contributed by atoms with Crippen molar-refractivity contribution in [2.75, 3.05) is 6.61 Å². The van der Waals surface area contributed by atoms with Crippen molar-refractivity contribution < 1.29 is 9.53 Å². The monoisotopic (exact) mass is 257 g/mol. The second-order valence-electron chi connectivity index (χ2n) is 4.75. The van der Waals surface area contributed by atoms with Crippen molar-refractivity contribution in [1.29, 1.82) is 0 Å². The molecule has 3 rings (SSSR count). The first-order valence-electron chi connectivity index (χ1n) is 6.53. The third kappa shape index (κ3) is 2.03. The van der Waals surface area contributed by atoms with E-state index >= 15 is 0 Å². The lowest BCUT2D eigenvalue weighted by atomic mass is 10.1. The molecule has 98 valence electrons. The van der Waals surface area contributed by atoms with Gasteiger partial charge in [0, 0.05) is 17.6 Å². The van der Waals surface area contributed by atoms with Crippen LogP contribution in [0.25, 0.3) is 10.9 Å². The van der Waals surface area contributed by atoms with Gasteiger partial charge in [0.1, 0.15) is 5.56 Å². The van der Waals surface area contributed by atoms with Gasteiger partial charge in [-0.05, 0) is 31.9 Å². The van der Waals surface area contributed by atoms with Gasteiger partial charge in [0.2, 0.25) is 5.43 Å². The van der Waals surface area contributed by atoms with Gasteiger partial charge >= 0.3 is 5.97 Å². The number of esters is 1. The number of hydrogen-bond acceptors (Lipinski definition) is 3. The van der Waals surface area contributed by atoms with Crippen molar-refractivity contribution in [2.24, 2.45) is 0 Å². The fourth-order valence-electron chi connectivity index (χ4n) is 2.31. The lowest BCUT2D eigenvalue weighted by Crippen LogP contribution is -2.20. The van der Waals surface area contributed by atoms with Crippen LogP contribution in [0.3, 0.4) is 0 Å². The number of para-hydroxylation sites is 1. The topological polar surface area (TPSA) is 48.3 Å². The minimum Gasteiger partial charge on any atom is -0.462 e. The smallest absolute Gasteiger partial charge is 0.343 e. The summed E-state index contributed by atoms with van der Waals surface area (Å²) in [6, 6.07) is 7.81. The van der Waals surface area contributed by atoms with Crippen molar-refractivity contribution in [3.05, 3.63) is 46.2 Å². The highest BCUT2D eigenvalue weighted by Crippen LogP contribution is 2.36. The minimum atomic E-state index is -0.535. The van der Waals surface area contributed by atoms with Crippen LogP contribution >= 0.6 is 0 Å². The molecular weight excluding hydrogens is 242 g/mol. The molecule has 0 atom stereocenters. The first kappa shape index (κ1) is 12.0. The van der Waals surface area contributed by atoms with E-state index in [0.717, 1.165) is 18.4 Å². The molecule has 0 saturated heterocycles. The van der Waals surface area contributed by atoms with Gasteiger partial charge in [-0.3, -0.25) is 4.79 Å². The van der Waals surface area contributed by atoms with Gasteiger partial charge in [-0.25, -0.2) is 4.79 Å². The van der Waals surface area contributed by atoms with Crippen LogP contribution in [0.4, 0.5) is 0 Å². The van der Waals surface area contributed by atoms with E-state index in [0.29, 0.717) is 11.4 Å². The summed E-state index contributed by atoms with van der Waals surface area (Å²) in [4.78, 5) is 24.2. The maximum atomic E-state index is 12.3. The minimum absolute atomic E-state index is 0.132. The number of aromatic nitrogens is 1. The first-order valence-corrected chi connectivity index (χ1v) is 6.53. The van der Waals surface area contributed by atoms with Crippen LogP contribution in [0.1, 0.15) is 36.2 Å². The predicted molar refractivity (Wildman–Crippen MR) is 72.4 cm³/mol. The summed E-state index contributed by atoms with van der Waals surface area (Å²) in [5.74, 6) is -0.535. The summed E-state index contributed by atoms with van der Waals surface area (Å²) in [7, 11) is 0. The normalized spacial score (nSPS) is 14.6. The van der Waals surface area contributed by atoms with Crippen molar-refractivity contribution in [1.82, 2.24) is 4.57 Å². The highest BCUT2D eigenvalue weighted by atomic mass is 16.5. The SMILES string of the molecule is CCOC(=O)c1cn(C2CC2)c2ccccc2c1=O. The molecule has 0 spiro atoms. The van der Waals surface area contributed by atoms with E-state index in [-0.39, 0.29) is 17.6 Å². The molecule has 0 amide bonds. The number of nitrogens with zero attached hydrogens (tertiary/aromatic N) is 1. The van der Waals surface area contributed by atoms with E-state index in [1.807, 2.05) is 22.8 Å². The largest absolute Gasteiger partial charge is 0.462 e. The summed E-state index contributed by atoms with van der Waals surface area (Å²) >= 11 is 0. The average molecular weight is 257 g/mol. The summed E-state index contributed by atoms with van der Waals surface area (Å²) in [6.45, 7) is 2.01. The zero-order valence-electron chi connectivity index (χ0n) is 10.8. The second kappa shape index (κ2) is 4.53. The van der Waals surface area contributed by atoms with Crippen molar-refractivity contribution in [3.63, 3.8) is 0 Å². The number of pyridine rings is 1. The standard InChI is InChI=1S/C15H15NO3/c1-2-19-15(18)12-9-16(10-7-8-10)13-6-4-3-5-11(13)14(12)17/h3-6,9-10H,2,7-8H2,1H3. The van der Waals surface area contributed by atoms with Gasteiger partial charge in [0.25, 0.3) is 0 Å². The average Bonchev–Trinajstić information content (AvgIpc) is 3.24. The zero-order valence-corrected chi connectivity index (χ0v) is 10.8. The maximum absolute atomic E-state index is 12.3. The van der Waals surface area contributed by atoms with Gasteiger partial charge in [-0.2, -0.15) is 0 Å². The fraction of sp³-hybridized carbons (Fsp3) is 0.333. The predicted octanol–water partition coefficient (Wildman–Crippen LogP) is 2.51. The number of hydrogen-bond donors (Lipinski definition) is 0. The van der Waals surface area contributed by atoms with Gasteiger partial charge < -0.3 is 9.30 Å². The van der Waals surface area contributed by atoms with E-state index in [4.69, 9.17) is 4.74 Å². The van der Waals surface area contributed by atoms with Gasteiger partial charge in [-0.15, -0.1) is 0 Å². The number of ether oxygens (including phenoxy) is 1. The number of carbonyl (C=O) groups excluding carboxylic acids is 1. The van der Waals surface area contributed by atoms with E-state index in [2.05, 4.69) is 0 Å². The Morgan fingerprint density at radius 1 is 1.37 bits per heavy atom. The molecule has 1 aliphatic rings. The molecule has 1 saturated carbocycles. The highest BCUT2D eigenvalue weighted by molar-refractivity contribution is 5.93. The molecule has 19 heavy (non-hydrogen) atoms. The number of fused-ring (bicyclic) bond motifs is 1. The Kier molecular flexibility index (Phi) is 2.85. The van der Waals surface area contributed by atoms with Gasteiger partial charge in [0.15, 0.2) is 0 Å². The molecule has 1 aliphatic carbocycles. The molecule has 2 aromatic rings. The second-order valence-corrected chi connectivity index (χ2v) is 4.75. The summed E-state index contributed by atoms with van der Waals surface area (Å²) in [6.07, 6.45) is 3.84. The molecule has 1 fully saturated rings. The quantitative estimate of drug-likeness (QED) is 0.794. The van der Waals surface area contributed by atoms with E-state index < -0.39 is 5.97 Å². The lowest BCUT2D eigenvalue weighted by molar-refractivity contribution is 0.0524. The Morgan fingerprint density at radius 2 is 2.11 bits per heavy atom. The molecule has 0 bridgehead atoms. The van der Waals surface area contributed by atoms with Crippen LogP contribution < -0.4 is 5.43 Å². The third-order valence-electron chi connectivity index (χ3n) is 3.38. The molecule has 1 heterocycles. The number of rotatable bonds is 3. The molecule has 0 aliphatic heterocycles. The Balaban J connectivity index is 2.26. The Labute approximate surface area is 110 Å². The Bertz CT molecular complexity index is 698. The third-order valence-corrected chi connectivity index (χ3v) is 3.38. The number of carbonyl (C=O) groups is 1. The van der Waals surface area contributed by atoms with Crippen LogP contribution in [0, 0.1) is 0 Å². The molecule has 4 nitrogen and oxygen atoms in total. The molecule has 4 heteroatoms. The van der Waals surface area contributed by atoms with Crippen LogP contribution in [0.2, 0.25) is 0 Å². The first-order chi connectivity index (χ1) is 9.22. The Morgan fingerprint density at radius 3 is 2.79 bits per heavy atom. The van der Waals surface area contributed by atoms with Gasteiger partial charge in [0.05, 0.1) is 12.1 Å². The molecule has 1 aromatic carbocycles. The van der Waals surface area contributed by atoms with Crippen LogP contribution in [0.15, 0.2) is 35.3 Å². The van der Waals surface area contributed by atoms with Gasteiger partial charge in [-0.1, -0.05) is 12.1 Å². The summed E-state index contributed by atoms with van der Waals surface area (Å²) < 4.78 is 6.99. The number of benzene rings is 1. The maximum Gasteiger partial charge on any atom is 0.343 e. The van der Waals surface area contributed by atoms with Crippen LogP contribution in [-0.4, -0.2) is 17.1 Å². The fourth-order valence-corrected chi connectivity index (χ4v) is 2.31. The summed E-state index contributed by atoms with van der Waals surface area (Å²) in [5, 5.41) is 0.583. The van der Waals surface area contributed by atoms with E-state index in [1.54, 1.807) is 19.2 Å². The highest BCUT2D eigenvalue weighted by Gasteiger charge is 2.26. The van der Waals surface area contributed by atoms with Crippen molar-refractivity contribution >= 4 is 16.9 Å². The molecular formula is C15H15NO3. The molecule has 1 aromatic heterocycles.